The first-order chi connectivity index (χ1) is 9.22. The molecule has 1 aliphatic heterocycles. The van der Waals surface area contributed by atoms with Crippen LogP contribution < -0.4 is 5.73 Å². The summed E-state index contributed by atoms with van der Waals surface area (Å²) in [5, 5.41) is 0. The summed E-state index contributed by atoms with van der Waals surface area (Å²) >= 11 is 0. The second kappa shape index (κ2) is 7.08. The Morgan fingerprint density at radius 3 is 2.37 bits per heavy atom. The number of nitrogens with two attached hydrogens (primary N) is 1. The minimum absolute atomic E-state index is 0.495. The van der Waals surface area contributed by atoms with Crippen molar-refractivity contribution in [2.75, 3.05) is 13.1 Å². The molecule has 0 aromatic rings. The predicted octanol–water partition coefficient (Wildman–Crippen LogP) is 3.94. The lowest BCUT2D eigenvalue weighted by Gasteiger charge is -2.45. The second-order valence-electron chi connectivity index (χ2n) is 6.98. The van der Waals surface area contributed by atoms with E-state index in [0.717, 1.165) is 6.04 Å². The van der Waals surface area contributed by atoms with Crippen molar-refractivity contribution in [2.24, 2.45) is 11.1 Å². The van der Waals surface area contributed by atoms with Crippen molar-refractivity contribution in [3.63, 3.8) is 0 Å². The lowest BCUT2D eigenvalue weighted by Crippen LogP contribution is -2.49. The average Bonchev–Trinajstić information content (AvgIpc) is 2.77. The van der Waals surface area contributed by atoms with Gasteiger partial charge in [-0.1, -0.05) is 39.5 Å². The van der Waals surface area contributed by atoms with E-state index in [4.69, 9.17) is 5.73 Å². The van der Waals surface area contributed by atoms with Gasteiger partial charge in [0.05, 0.1) is 0 Å². The van der Waals surface area contributed by atoms with Crippen molar-refractivity contribution < 1.29 is 0 Å². The zero-order valence-electron chi connectivity index (χ0n) is 13.2. The van der Waals surface area contributed by atoms with Crippen LogP contribution in [0, 0.1) is 5.41 Å². The topological polar surface area (TPSA) is 29.3 Å². The standard InChI is InChI=1S/C17H34N2/c1-3-5-8-15(7-4-2)19-13-11-17(12-14-19)10-6-9-16(17)18/h15-16H,3-14,18H2,1-2H3. The van der Waals surface area contributed by atoms with Crippen LogP contribution in [-0.4, -0.2) is 30.1 Å². The smallest absolute Gasteiger partial charge is 0.00965 e. The molecule has 0 bridgehead atoms. The fraction of sp³-hybridized carbons (Fsp3) is 1.00. The Morgan fingerprint density at radius 1 is 1.11 bits per heavy atom. The Kier molecular flexibility index (Phi) is 5.70. The summed E-state index contributed by atoms with van der Waals surface area (Å²) in [6, 6.07) is 1.34. The molecule has 1 spiro atoms. The fourth-order valence-electron chi connectivity index (χ4n) is 4.40. The summed E-state index contributed by atoms with van der Waals surface area (Å²) < 4.78 is 0. The third kappa shape index (κ3) is 3.52. The SMILES string of the molecule is CCCCC(CCC)N1CCC2(CCCC2N)CC1. The molecule has 1 aliphatic carbocycles. The number of nitrogens with zero attached hydrogens (tertiary/aromatic N) is 1. The van der Waals surface area contributed by atoms with Gasteiger partial charge in [0.1, 0.15) is 0 Å². The minimum Gasteiger partial charge on any atom is -0.327 e. The van der Waals surface area contributed by atoms with Gasteiger partial charge in [-0.25, -0.2) is 0 Å². The number of unbranched alkanes of at least 4 members (excludes halogenated alkanes) is 1. The molecule has 0 aromatic heterocycles. The number of rotatable bonds is 6. The lowest BCUT2D eigenvalue weighted by molar-refractivity contribution is 0.0589. The van der Waals surface area contributed by atoms with E-state index < -0.39 is 0 Å². The van der Waals surface area contributed by atoms with E-state index in [1.165, 1.54) is 77.3 Å². The Labute approximate surface area is 120 Å². The Hall–Kier alpha value is -0.0800. The lowest BCUT2D eigenvalue weighted by atomic mass is 9.74. The summed E-state index contributed by atoms with van der Waals surface area (Å²) in [5.41, 5.74) is 6.91. The maximum Gasteiger partial charge on any atom is 0.00965 e. The summed E-state index contributed by atoms with van der Waals surface area (Å²) in [7, 11) is 0. The number of likely N-dealkylation sites (tertiary alicyclic amines) is 1. The van der Waals surface area contributed by atoms with Gasteiger partial charge in [0.15, 0.2) is 0 Å². The van der Waals surface area contributed by atoms with Gasteiger partial charge in [0.2, 0.25) is 0 Å². The monoisotopic (exact) mass is 266 g/mol. The molecule has 2 rings (SSSR count). The quantitative estimate of drug-likeness (QED) is 0.789. The number of piperidine rings is 1. The van der Waals surface area contributed by atoms with Gasteiger partial charge in [-0.05, 0) is 57.0 Å². The van der Waals surface area contributed by atoms with Crippen LogP contribution in [0.1, 0.15) is 78.1 Å². The van der Waals surface area contributed by atoms with Gasteiger partial charge in [0.25, 0.3) is 0 Å². The maximum atomic E-state index is 6.39. The second-order valence-corrected chi connectivity index (χ2v) is 6.98. The minimum atomic E-state index is 0.495. The van der Waals surface area contributed by atoms with Crippen LogP contribution in [0.25, 0.3) is 0 Å². The molecule has 1 saturated heterocycles. The zero-order chi connectivity index (χ0) is 13.7. The molecule has 2 atom stereocenters. The first kappa shape index (κ1) is 15.3. The number of hydrogen-bond acceptors (Lipinski definition) is 2. The molecule has 112 valence electrons. The Morgan fingerprint density at radius 2 is 1.84 bits per heavy atom. The molecule has 1 heterocycles. The van der Waals surface area contributed by atoms with Crippen LogP contribution in [0.3, 0.4) is 0 Å². The van der Waals surface area contributed by atoms with Crippen molar-refractivity contribution in [2.45, 2.75) is 90.1 Å². The van der Waals surface area contributed by atoms with Crippen LogP contribution in [0.5, 0.6) is 0 Å². The molecule has 0 radical (unpaired) electrons. The molecule has 0 amide bonds. The Balaban J connectivity index is 1.86. The van der Waals surface area contributed by atoms with Crippen LogP contribution in [0.4, 0.5) is 0 Å². The highest BCUT2D eigenvalue weighted by atomic mass is 15.2. The van der Waals surface area contributed by atoms with E-state index in [2.05, 4.69) is 18.7 Å². The third-order valence-electron chi connectivity index (χ3n) is 5.80. The molecular formula is C17H34N2. The highest BCUT2D eigenvalue weighted by Gasteiger charge is 2.43. The van der Waals surface area contributed by atoms with Crippen LogP contribution in [0.15, 0.2) is 0 Å². The average molecular weight is 266 g/mol. The fourth-order valence-corrected chi connectivity index (χ4v) is 4.40. The summed E-state index contributed by atoms with van der Waals surface area (Å²) in [6.45, 7) is 7.26. The normalized spacial score (nSPS) is 28.9. The maximum absolute atomic E-state index is 6.39. The van der Waals surface area contributed by atoms with Gasteiger partial charge in [0, 0.05) is 12.1 Å². The van der Waals surface area contributed by atoms with E-state index in [1.807, 2.05) is 0 Å². The predicted molar refractivity (Wildman–Crippen MR) is 83.3 cm³/mol. The van der Waals surface area contributed by atoms with E-state index in [1.54, 1.807) is 0 Å². The van der Waals surface area contributed by atoms with Crippen LogP contribution in [-0.2, 0) is 0 Å². The van der Waals surface area contributed by atoms with Gasteiger partial charge in [-0.3, -0.25) is 0 Å². The molecule has 19 heavy (non-hydrogen) atoms. The molecule has 0 aromatic carbocycles. The molecule has 2 aliphatic rings. The molecular weight excluding hydrogens is 232 g/mol. The molecule has 2 nitrogen and oxygen atoms in total. The summed E-state index contributed by atoms with van der Waals surface area (Å²) in [6.07, 6.45) is 13.6. The van der Waals surface area contributed by atoms with Gasteiger partial charge in [-0.15, -0.1) is 0 Å². The zero-order valence-corrected chi connectivity index (χ0v) is 13.2. The molecule has 2 heteroatoms. The molecule has 2 N–H and O–H groups in total. The van der Waals surface area contributed by atoms with Crippen LogP contribution >= 0.6 is 0 Å². The molecule has 1 saturated carbocycles. The van der Waals surface area contributed by atoms with Crippen molar-refractivity contribution in [1.29, 1.82) is 0 Å². The van der Waals surface area contributed by atoms with Crippen molar-refractivity contribution in [1.82, 2.24) is 4.90 Å². The van der Waals surface area contributed by atoms with Gasteiger partial charge < -0.3 is 10.6 Å². The van der Waals surface area contributed by atoms with Crippen LogP contribution in [0.2, 0.25) is 0 Å². The Bertz CT molecular complexity index is 256. The largest absolute Gasteiger partial charge is 0.327 e. The summed E-state index contributed by atoms with van der Waals surface area (Å²) in [5.74, 6) is 0. The molecule has 2 unspecified atom stereocenters. The van der Waals surface area contributed by atoms with Crippen molar-refractivity contribution >= 4 is 0 Å². The molecule has 2 fully saturated rings. The van der Waals surface area contributed by atoms with E-state index in [9.17, 15) is 0 Å². The van der Waals surface area contributed by atoms with Crippen molar-refractivity contribution in [3.8, 4) is 0 Å². The highest BCUT2D eigenvalue weighted by molar-refractivity contribution is 4.98. The first-order valence-electron chi connectivity index (χ1n) is 8.71. The third-order valence-corrected chi connectivity index (χ3v) is 5.80. The van der Waals surface area contributed by atoms with E-state index in [0.29, 0.717) is 11.5 Å². The van der Waals surface area contributed by atoms with E-state index in [-0.39, 0.29) is 0 Å². The van der Waals surface area contributed by atoms with Gasteiger partial charge in [-0.2, -0.15) is 0 Å². The van der Waals surface area contributed by atoms with E-state index >= 15 is 0 Å². The number of hydrogen-bond donors (Lipinski definition) is 1. The first-order valence-corrected chi connectivity index (χ1v) is 8.71. The van der Waals surface area contributed by atoms with Crippen molar-refractivity contribution in [3.05, 3.63) is 0 Å². The summed E-state index contributed by atoms with van der Waals surface area (Å²) in [4.78, 5) is 2.79. The highest BCUT2D eigenvalue weighted by Crippen LogP contribution is 2.45. The van der Waals surface area contributed by atoms with Gasteiger partial charge >= 0.3 is 0 Å².